The van der Waals surface area contributed by atoms with Crippen LogP contribution in [0.15, 0.2) is 36.4 Å². The predicted molar refractivity (Wildman–Crippen MR) is 146 cm³/mol. The molecule has 0 aliphatic heterocycles. The quantitative estimate of drug-likeness (QED) is 0.461. The predicted octanol–water partition coefficient (Wildman–Crippen LogP) is 8.75. The third-order valence-electron chi connectivity index (χ3n) is 7.05. The Balaban J connectivity index is 0.000000479. The van der Waals surface area contributed by atoms with Crippen LogP contribution in [0.2, 0.25) is 0 Å². The summed E-state index contributed by atoms with van der Waals surface area (Å²) in [4.78, 5) is 10.2. The van der Waals surface area contributed by atoms with Crippen LogP contribution in [0.4, 0.5) is 0 Å². The second-order valence-electron chi connectivity index (χ2n) is 12.7. The van der Waals surface area contributed by atoms with Crippen LogP contribution in [-0.4, -0.2) is 16.2 Å². The summed E-state index contributed by atoms with van der Waals surface area (Å²) in [6, 6.07) is 10.2. The van der Waals surface area contributed by atoms with Crippen molar-refractivity contribution in [1.29, 1.82) is 0 Å². The average Bonchev–Trinajstić information content (AvgIpc) is 2.72. The molecule has 3 nitrogen and oxygen atoms in total. The molecule has 3 heteroatoms. The van der Waals surface area contributed by atoms with Crippen molar-refractivity contribution in [3.05, 3.63) is 64.2 Å². The number of carboxylic acid groups (broad SMARTS) is 1. The maximum Gasteiger partial charge on any atom is 0.335 e. The first-order valence-corrected chi connectivity index (χ1v) is 12.5. The number of aromatic hydroxyl groups is 1. The van der Waals surface area contributed by atoms with Gasteiger partial charge in [0.25, 0.3) is 0 Å². The molecular weight excluding hydrogens is 420 g/mol. The van der Waals surface area contributed by atoms with Gasteiger partial charge in [-0.15, -0.1) is 0 Å². The van der Waals surface area contributed by atoms with Gasteiger partial charge in [0.05, 0.1) is 5.56 Å². The van der Waals surface area contributed by atoms with Crippen LogP contribution in [0.3, 0.4) is 0 Å². The summed E-state index contributed by atoms with van der Waals surface area (Å²) in [5.74, 6) is -0.912. The van der Waals surface area contributed by atoms with Crippen LogP contribution in [-0.2, 0) is 21.7 Å². The Kier molecular flexibility index (Phi) is 9.22. The van der Waals surface area contributed by atoms with E-state index in [1.807, 2.05) is 0 Å². The van der Waals surface area contributed by atoms with E-state index in [0.29, 0.717) is 0 Å². The van der Waals surface area contributed by atoms with Crippen LogP contribution >= 0.6 is 0 Å². The monoisotopic (exact) mass is 468 g/mol. The lowest BCUT2D eigenvalue weighted by Gasteiger charge is -2.42. The van der Waals surface area contributed by atoms with Gasteiger partial charge in [0, 0.05) is 0 Å². The molecule has 0 amide bonds. The Morgan fingerprint density at radius 2 is 1.09 bits per heavy atom. The lowest BCUT2D eigenvalue weighted by molar-refractivity contribution is 0.0697. The molecular formula is C31H48O3. The standard InChI is InChI=1S/C24H42.C7H6O3/c1-13-23(9,10)18-16-15-17(21(3,4)5)20(24(11,12)14-2)19(18)22(6,7)8;8-6-3-1-5(2-4-6)7(9)10/h15-16H,13-14H2,1-12H3;1-4,8H,(H,9,10). The van der Waals surface area contributed by atoms with E-state index in [1.54, 1.807) is 16.7 Å². The van der Waals surface area contributed by atoms with E-state index in [1.165, 1.54) is 29.8 Å². The first kappa shape index (κ1) is 29.7. The van der Waals surface area contributed by atoms with E-state index >= 15 is 0 Å². The van der Waals surface area contributed by atoms with E-state index in [9.17, 15) is 4.79 Å². The highest BCUT2D eigenvalue weighted by molar-refractivity contribution is 5.87. The zero-order valence-corrected chi connectivity index (χ0v) is 23.7. The number of phenolic OH excluding ortho intramolecular Hbond substituents is 1. The van der Waals surface area contributed by atoms with Crippen molar-refractivity contribution >= 4 is 5.97 Å². The molecule has 0 aliphatic rings. The van der Waals surface area contributed by atoms with E-state index in [0.717, 1.165) is 12.8 Å². The fourth-order valence-corrected chi connectivity index (χ4v) is 4.24. The summed E-state index contributed by atoms with van der Waals surface area (Å²) in [7, 11) is 0. The van der Waals surface area contributed by atoms with Crippen LogP contribution in [0.25, 0.3) is 0 Å². The van der Waals surface area contributed by atoms with Crippen molar-refractivity contribution in [2.75, 3.05) is 0 Å². The summed E-state index contributed by atoms with van der Waals surface area (Å²) < 4.78 is 0. The van der Waals surface area contributed by atoms with Crippen molar-refractivity contribution in [1.82, 2.24) is 0 Å². The second kappa shape index (κ2) is 10.5. The molecule has 0 fully saturated rings. The van der Waals surface area contributed by atoms with Crippen molar-refractivity contribution in [3.8, 4) is 5.75 Å². The molecule has 190 valence electrons. The topological polar surface area (TPSA) is 57.5 Å². The van der Waals surface area contributed by atoms with Crippen molar-refractivity contribution in [2.45, 2.75) is 118 Å². The summed E-state index contributed by atoms with van der Waals surface area (Å²) in [6.07, 6.45) is 2.33. The van der Waals surface area contributed by atoms with Gasteiger partial charge in [0.2, 0.25) is 0 Å². The van der Waals surface area contributed by atoms with Gasteiger partial charge in [-0.1, -0.05) is 95.2 Å². The van der Waals surface area contributed by atoms with Crippen LogP contribution in [0.5, 0.6) is 5.75 Å². The number of rotatable bonds is 5. The van der Waals surface area contributed by atoms with Crippen molar-refractivity contribution in [3.63, 3.8) is 0 Å². The zero-order chi connectivity index (χ0) is 26.7. The van der Waals surface area contributed by atoms with Crippen molar-refractivity contribution in [2.24, 2.45) is 0 Å². The first-order valence-electron chi connectivity index (χ1n) is 12.5. The van der Waals surface area contributed by atoms with Gasteiger partial charge in [-0.05, 0) is 81.0 Å². The molecule has 34 heavy (non-hydrogen) atoms. The first-order chi connectivity index (χ1) is 15.3. The third-order valence-corrected chi connectivity index (χ3v) is 7.05. The summed E-state index contributed by atoms with van der Waals surface area (Å²) in [6.45, 7) is 28.5. The van der Waals surface area contributed by atoms with Crippen LogP contribution in [0.1, 0.15) is 129 Å². The number of carbonyl (C=O) groups is 1. The van der Waals surface area contributed by atoms with Gasteiger partial charge < -0.3 is 10.2 Å². The molecule has 0 saturated heterocycles. The Labute approximate surface area is 208 Å². The highest BCUT2D eigenvalue weighted by atomic mass is 16.4. The average molecular weight is 469 g/mol. The molecule has 0 heterocycles. The van der Waals surface area contributed by atoms with Crippen LogP contribution in [0, 0.1) is 0 Å². The lowest BCUT2D eigenvalue weighted by Crippen LogP contribution is -2.33. The molecule has 2 rings (SSSR count). The Morgan fingerprint density at radius 1 is 0.647 bits per heavy atom. The molecule has 0 spiro atoms. The fourth-order valence-electron chi connectivity index (χ4n) is 4.24. The molecule has 0 aliphatic carbocycles. The molecule has 2 aromatic rings. The second-order valence-corrected chi connectivity index (χ2v) is 12.7. The highest BCUT2D eigenvalue weighted by Crippen LogP contribution is 2.46. The largest absolute Gasteiger partial charge is 0.508 e. The minimum absolute atomic E-state index is 0.0741. The summed E-state index contributed by atoms with van der Waals surface area (Å²) >= 11 is 0. The van der Waals surface area contributed by atoms with Crippen molar-refractivity contribution < 1.29 is 15.0 Å². The molecule has 2 aromatic carbocycles. The van der Waals surface area contributed by atoms with E-state index in [4.69, 9.17) is 10.2 Å². The molecule has 0 bridgehead atoms. The van der Waals surface area contributed by atoms with E-state index in [2.05, 4.69) is 95.2 Å². The molecule has 0 radical (unpaired) electrons. The normalized spacial score (nSPS) is 12.7. The van der Waals surface area contributed by atoms with Gasteiger partial charge in [-0.3, -0.25) is 0 Å². The van der Waals surface area contributed by atoms with Crippen LogP contribution < -0.4 is 0 Å². The zero-order valence-electron chi connectivity index (χ0n) is 23.7. The SMILES string of the molecule is CCC(C)(C)c1ccc(C(C)(C)C)c(C(C)(C)CC)c1C(C)(C)C.O=C(O)c1ccc(O)cc1. The summed E-state index contributed by atoms with van der Waals surface area (Å²) in [5, 5.41) is 17.1. The third kappa shape index (κ3) is 7.10. The fraction of sp³-hybridized carbons (Fsp3) is 0.581. The molecule has 0 unspecified atom stereocenters. The number of benzene rings is 2. The molecule has 0 aromatic heterocycles. The number of carboxylic acids is 1. The smallest absolute Gasteiger partial charge is 0.335 e. The minimum atomic E-state index is -0.986. The number of hydrogen-bond donors (Lipinski definition) is 2. The van der Waals surface area contributed by atoms with Gasteiger partial charge in [-0.2, -0.15) is 0 Å². The number of aromatic carboxylic acids is 1. The van der Waals surface area contributed by atoms with Gasteiger partial charge in [0.15, 0.2) is 0 Å². The maximum atomic E-state index is 10.2. The minimum Gasteiger partial charge on any atom is -0.508 e. The van der Waals surface area contributed by atoms with E-state index in [-0.39, 0.29) is 33.0 Å². The highest BCUT2D eigenvalue weighted by Gasteiger charge is 2.37. The molecule has 0 atom stereocenters. The van der Waals surface area contributed by atoms with Gasteiger partial charge in [-0.25, -0.2) is 4.79 Å². The Morgan fingerprint density at radius 3 is 1.44 bits per heavy atom. The number of phenols is 1. The van der Waals surface area contributed by atoms with Gasteiger partial charge in [0.1, 0.15) is 5.75 Å². The maximum absolute atomic E-state index is 10.2. The van der Waals surface area contributed by atoms with E-state index < -0.39 is 5.97 Å². The molecule has 2 N–H and O–H groups in total. The molecule has 0 saturated carbocycles. The Hall–Kier alpha value is -2.29. The lowest BCUT2D eigenvalue weighted by atomic mass is 9.63. The Bertz CT molecular complexity index is 965. The number of hydrogen-bond acceptors (Lipinski definition) is 2. The van der Waals surface area contributed by atoms with Gasteiger partial charge >= 0.3 is 5.97 Å². The summed E-state index contributed by atoms with van der Waals surface area (Å²) in [5.41, 5.74) is 7.14.